The predicted molar refractivity (Wildman–Crippen MR) is 107 cm³/mol. The molecule has 0 radical (unpaired) electrons. The van der Waals surface area contributed by atoms with E-state index in [0.29, 0.717) is 5.82 Å². The molecule has 6 nitrogen and oxygen atoms in total. The van der Waals surface area contributed by atoms with Gasteiger partial charge in [-0.25, -0.2) is 4.39 Å². The summed E-state index contributed by atoms with van der Waals surface area (Å²) < 4.78 is 13.2. The summed E-state index contributed by atoms with van der Waals surface area (Å²) in [5.74, 6) is 0.235. The zero-order valence-electron chi connectivity index (χ0n) is 15.3. The number of halogens is 1. The van der Waals surface area contributed by atoms with Gasteiger partial charge in [-0.3, -0.25) is 4.79 Å². The Hall–Kier alpha value is -3.48. The van der Waals surface area contributed by atoms with E-state index in [0.717, 1.165) is 32.0 Å². The summed E-state index contributed by atoms with van der Waals surface area (Å²) in [6.07, 6.45) is 0. The van der Waals surface area contributed by atoms with Crippen molar-refractivity contribution in [2.45, 2.75) is 0 Å². The van der Waals surface area contributed by atoms with Crippen LogP contribution in [0.25, 0.3) is 0 Å². The van der Waals surface area contributed by atoms with E-state index in [1.165, 1.54) is 23.9 Å². The van der Waals surface area contributed by atoms with Crippen molar-refractivity contribution in [3.8, 4) is 0 Å². The van der Waals surface area contributed by atoms with Crippen molar-refractivity contribution in [1.82, 2.24) is 10.2 Å². The van der Waals surface area contributed by atoms with Gasteiger partial charge in [0.1, 0.15) is 5.82 Å². The Morgan fingerprint density at radius 2 is 1.61 bits per heavy atom. The maximum atomic E-state index is 13.2. The Kier molecular flexibility index (Phi) is 5.14. The highest BCUT2D eigenvalue weighted by Gasteiger charge is 2.18. The van der Waals surface area contributed by atoms with E-state index in [9.17, 15) is 9.18 Å². The van der Waals surface area contributed by atoms with Gasteiger partial charge in [-0.15, -0.1) is 10.2 Å². The van der Waals surface area contributed by atoms with Crippen molar-refractivity contribution in [1.29, 1.82) is 0 Å². The number of rotatable bonds is 4. The fraction of sp³-hybridized carbons (Fsp3) is 0.190. The smallest absolute Gasteiger partial charge is 0.256 e. The average molecular weight is 377 g/mol. The molecule has 0 bridgehead atoms. The average Bonchev–Trinajstić information content (AvgIpc) is 2.75. The Bertz CT molecular complexity index is 941. The summed E-state index contributed by atoms with van der Waals surface area (Å²) in [5, 5.41) is 11.0. The Morgan fingerprint density at radius 1 is 0.857 bits per heavy atom. The van der Waals surface area contributed by atoms with Gasteiger partial charge in [-0.2, -0.15) is 0 Å². The largest absolute Gasteiger partial charge is 0.368 e. The van der Waals surface area contributed by atoms with Crippen LogP contribution in [0.4, 0.5) is 21.7 Å². The number of amides is 1. The second-order valence-corrected chi connectivity index (χ2v) is 6.55. The number of aromatic nitrogens is 2. The molecule has 142 valence electrons. The van der Waals surface area contributed by atoms with Crippen LogP contribution in [-0.2, 0) is 0 Å². The summed E-state index contributed by atoms with van der Waals surface area (Å²) in [5.41, 5.74) is 1.46. The lowest BCUT2D eigenvalue weighted by atomic mass is 10.2. The molecule has 1 amide bonds. The molecule has 28 heavy (non-hydrogen) atoms. The van der Waals surface area contributed by atoms with Gasteiger partial charge >= 0.3 is 0 Å². The van der Waals surface area contributed by atoms with Crippen LogP contribution in [0, 0.1) is 5.82 Å². The lowest BCUT2D eigenvalue weighted by Gasteiger charge is -2.36. The highest BCUT2D eigenvalue weighted by Crippen LogP contribution is 2.19. The third-order valence-corrected chi connectivity index (χ3v) is 4.70. The van der Waals surface area contributed by atoms with E-state index in [4.69, 9.17) is 0 Å². The van der Waals surface area contributed by atoms with E-state index in [1.807, 2.05) is 24.3 Å². The Labute approximate surface area is 162 Å². The van der Waals surface area contributed by atoms with Crippen molar-refractivity contribution in [2.75, 3.05) is 41.3 Å². The van der Waals surface area contributed by atoms with Crippen LogP contribution in [-0.4, -0.2) is 42.3 Å². The van der Waals surface area contributed by atoms with Crippen LogP contribution in [0.15, 0.2) is 66.7 Å². The molecule has 1 aromatic heterocycles. The van der Waals surface area contributed by atoms with Crippen molar-refractivity contribution < 1.29 is 9.18 Å². The standard InChI is InChI=1S/C21H20FN5O/c22-17-6-4-5-16(15-17)21(28)23-19-9-10-20(25-24-19)27-13-11-26(12-14-27)18-7-2-1-3-8-18/h1-10,15H,11-14H2,(H,23,24,28). The first-order chi connectivity index (χ1) is 13.7. The van der Waals surface area contributed by atoms with Crippen LogP contribution in [0.5, 0.6) is 0 Å². The quantitative estimate of drug-likeness (QED) is 0.757. The highest BCUT2D eigenvalue weighted by atomic mass is 19.1. The third kappa shape index (κ3) is 4.09. The fourth-order valence-electron chi connectivity index (χ4n) is 3.21. The van der Waals surface area contributed by atoms with Crippen molar-refractivity contribution in [3.63, 3.8) is 0 Å². The number of hydrogen-bond donors (Lipinski definition) is 1. The van der Waals surface area contributed by atoms with Gasteiger partial charge in [0.25, 0.3) is 5.91 Å². The third-order valence-electron chi connectivity index (χ3n) is 4.70. The minimum absolute atomic E-state index is 0.239. The molecule has 0 aliphatic carbocycles. The molecule has 1 saturated heterocycles. The minimum atomic E-state index is -0.455. The molecular weight excluding hydrogens is 357 g/mol. The fourth-order valence-corrected chi connectivity index (χ4v) is 3.21. The monoisotopic (exact) mass is 377 g/mol. The number of hydrogen-bond acceptors (Lipinski definition) is 5. The van der Waals surface area contributed by atoms with Gasteiger partial charge in [0.15, 0.2) is 11.6 Å². The Morgan fingerprint density at radius 3 is 2.29 bits per heavy atom. The molecule has 4 rings (SSSR count). The van der Waals surface area contributed by atoms with E-state index in [1.54, 1.807) is 12.1 Å². The maximum absolute atomic E-state index is 13.2. The summed E-state index contributed by atoms with van der Waals surface area (Å²) in [7, 11) is 0. The number of anilines is 3. The summed E-state index contributed by atoms with van der Waals surface area (Å²) in [6, 6.07) is 19.4. The molecule has 3 aromatic rings. The number of carbonyl (C=O) groups excluding carboxylic acids is 1. The summed E-state index contributed by atoms with van der Waals surface area (Å²) in [6.45, 7) is 3.50. The molecule has 0 atom stereocenters. The molecule has 1 N–H and O–H groups in total. The van der Waals surface area contributed by atoms with E-state index in [-0.39, 0.29) is 5.56 Å². The molecule has 1 aliphatic rings. The molecule has 2 aromatic carbocycles. The first kappa shape index (κ1) is 17.9. The van der Waals surface area contributed by atoms with Crippen LogP contribution in [0.3, 0.4) is 0 Å². The topological polar surface area (TPSA) is 61.4 Å². The van der Waals surface area contributed by atoms with Crippen LogP contribution >= 0.6 is 0 Å². The number of nitrogens with one attached hydrogen (secondary N) is 1. The lowest BCUT2D eigenvalue weighted by Crippen LogP contribution is -2.46. The van der Waals surface area contributed by atoms with Gasteiger partial charge in [0.05, 0.1) is 0 Å². The maximum Gasteiger partial charge on any atom is 0.256 e. The van der Waals surface area contributed by atoms with E-state index < -0.39 is 11.7 Å². The molecule has 0 spiro atoms. The summed E-state index contributed by atoms with van der Waals surface area (Å²) in [4.78, 5) is 16.7. The van der Waals surface area contributed by atoms with Crippen LogP contribution < -0.4 is 15.1 Å². The van der Waals surface area contributed by atoms with Gasteiger partial charge in [-0.05, 0) is 42.5 Å². The van der Waals surface area contributed by atoms with Gasteiger partial charge in [-0.1, -0.05) is 24.3 Å². The molecule has 0 saturated carbocycles. The van der Waals surface area contributed by atoms with Gasteiger partial charge < -0.3 is 15.1 Å². The van der Waals surface area contributed by atoms with Crippen molar-refractivity contribution in [3.05, 3.63) is 78.1 Å². The predicted octanol–water partition coefficient (Wildman–Crippen LogP) is 3.19. The van der Waals surface area contributed by atoms with E-state index in [2.05, 4.69) is 37.4 Å². The second-order valence-electron chi connectivity index (χ2n) is 6.55. The Balaban J connectivity index is 1.35. The van der Waals surface area contributed by atoms with Crippen molar-refractivity contribution in [2.24, 2.45) is 0 Å². The number of benzene rings is 2. The first-order valence-electron chi connectivity index (χ1n) is 9.15. The number of nitrogens with zero attached hydrogens (tertiary/aromatic N) is 4. The lowest BCUT2D eigenvalue weighted by molar-refractivity contribution is 0.102. The SMILES string of the molecule is O=C(Nc1ccc(N2CCN(c3ccccc3)CC2)nn1)c1cccc(F)c1. The van der Waals surface area contributed by atoms with Gasteiger partial charge in [0.2, 0.25) is 0 Å². The number of carbonyl (C=O) groups is 1. The van der Waals surface area contributed by atoms with Crippen LogP contribution in [0.1, 0.15) is 10.4 Å². The number of para-hydroxylation sites is 1. The normalized spacial score (nSPS) is 14.0. The van der Waals surface area contributed by atoms with Crippen LogP contribution in [0.2, 0.25) is 0 Å². The van der Waals surface area contributed by atoms with Gasteiger partial charge in [0, 0.05) is 37.4 Å². The number of piperazine rings is 1. The van der Waals surface area contributed by atoms with E-state index >= 15 is 0 Å². The minimum Gasteiger partial charge on any atom is -0.368 e. The zero-order valence-corrected chi connectivity index (χ0v) is 15.3. The summed E-state index contributed by atoms with van der Waals surface area (Å²) >= 11 is 0. The molecule has 1 fully saturated rings. The highest BCUT2D eigenvalue weighted by molar-refractivity contribution is 6.03. The molecule has 0 unspecified atom stereocenters. The molecular formula is C21H20FN5O. The van der Waals surface area contributed by atoms with Crippen molar-refractivity contribution >= 4 is 23.2 Å². The zero-order chi connectivity index (χ0) is 19.3. The molecule has 2 heterocycles. The first-order valence-corrected chi connectivity index (χ1v) is 9.15. The molecule has 7 heteroatoms. The molecule has 1 aliphatic heterocycles. The second kappa shape index (κ2) is 8.04.